The Hall–Kier alpha value is -2.36. The number of ether oxygens (including phenoxy) is 3. The van der Waals surface area contributed by atoms with Gasteiger partial charge in [-0.2, -0.15) is 0 Å². The van der Waals surface area contributed by atoms with Gasteiger partial charge in [-0.15, -0.1) is 0 Å². The molecule has 4 heteroatoms. The van der Waals surface area contributed by atoms with Gasteiger partial charge in [0.1, 0.15) is 5.75 Å². The van der Waals surface area contributed by atoms with Gasteiger partial charge < -0.3 is 19.5 Å². The summed E-state index contributed by atoms with van der Waals surface area (Å²) in [6.45, 7) is 3.78. The molecule has 0 unspecified atom stereocenters. The van der Waals surface area contributed by atoms with E-state index in [4.69, 9.17) is 14.2 Å². The van der Waals surface area contributed by atoms with Crippen LogP contribution in [-0.4, -0.2) is 13.4 Å². The Morgan fingerprint density at radius 3 is 2.90 bits per heavy atom. The van der Waals surface area contributed by atoms with E-state index in [0.29, 0.717) is 13.3 Å². The van der Waals surface area contributed by atoms with Crippen LogP contribution in [0.5, 0.6) is 17.2 Å². The Morgan fingerprint density at radius 1 is 1.10 bits per heavy atom. The van der Waals surface area contributed by atoms with Crippen molar-refractivity contribution in [3.8, 4) is 17.2 Å². The zero-order valence-electron chi connectivity index (χ0n) is 12.1. The lowest BCUT2D eigenvalue weighted by Gasteiger charge is -2.13. The Labute approximate surface area is 124 Å². The SMILES string of the molecule is CCCOc1ccccc1NCc1cccc2c1OCO2. The summed E-state index contributed by atoms with van der Waals surface area (Å²) < 4.78 is 16.7. The molecule has 1 aliphatic heterocycles. The lowest BCUT2D eigenvalue weighted by atomic mass is 10.2. The fourth-order valence-corrected chi connectivity index (χ4v) is 2.27. The number of nitrogens with one attached hydrogen (secondary N) is 1. The fraction of sp³-hybridized carbons (Fsp3) is 0.294. The molecule has 0 saturated carbocycles. The van der Waals surface area contributed by atoms with Gasteiger partial charge in [0.15, 0.2) is 11.5 Å². The normalized spacial score (nSPS) is 12.2. The molecule has 0 amide bonds. The molecule has 0 spiro atoms. The van der Waals surface area contributed by atoms with Crippen LogP contribution in [0.1, 0.15) is 18.9 Å². The lowest BCUT2D eigenvalue weighted by molar-refractivity contribution is 0.173. The zero-order chi connectivity index (χ0) is 14.5. The first-order valence-corrected chi connectivity index (χ1v) is 7.21. The van der Waals surface area contributed by atoms with E-state index in [1.165, 1.54) is 0 Å². The summed E-state index contributed by atoms with van der Waals surface area (Å²) in [6, 6.07) is 13.9. The van der Waals surface area contributed by atoms with Gasteiger partial charge in [0, 0.05) is 12.1 Å². The van der Waals surface area contributed by atoms with E-state index < -0.39 is 0 Å². The van der Waals surface area contributed by atoms with Crippen LogP contribution in [0.15, 0.2) is 42.5 Å². The average molecular weight is 285 g/mol. The Morgan fingerprint density at radius 2 is 2.00 bits per heavy atom. The van der Waals surface area contributed by atoms with Gasteiger partial charge in [-0.1, -0.05) is 31.2 Å². The quantitative estimate of drug-likeness (QED) is 0.876. The summed E-state index contributed by atoms with van der Waals surface area (Å²) in [5.41, 5.74) is 2.07. The summed E-state index contributed by atoms with van der Waals surface area (Å²) in [6.07, 6.45) is 0.992. The van der Waals surface area contributed by atoms with Crippen molar-refractivity contribution in [2.75, 3.05) is 18.7 Å². The molecule has 0 aliphatic carbocycles. The van der Waals surface area contributed by atoms with Crippen molar-refractivity contribution < 1.29 is 14.2 Å². The number of para-hydroxylation sites is 3. The maximum absolute atomic E-state index is 5.75. The highest BCUT2D eigenvalue weighted by molar-refractivity contribution is 5.57. The van der Waals surface area contributed by atoms with Crippen molar-refractivity contribution in [3.05, 3.63) is 48.0 Å². The summed E-state index contributed by atoms with van der Waals surface area (Å²) in [5.74, 6) is 2.52. The number of anilines is 1. The third-order valence-corrected chi connectivity index (χ3v) is 3.30. The second-order valence-corrected chi connectivity index (χ2v) is 4.85. The van der Waals surface area contributed by atoms with E-state index in [0.717, 1.165) is 41.5 Å². The molecule has 2 aromatic rings. The summed E-state index contributed by atoms with van der Waals surface area (Å²) in [7, 11) is 0. The van der Waals surface area contributed by atoms with Crippen molar-refractivity contribution in [2.45, 2.75) is 19.9 Å². The first-order valence-electron chi connectivity index (χ1n) is 7.21. The molecule has 0 radical (unpaired) electrons. The molecular weight excluding hydrogens is 266 g/mol. The fourth-order valence-electron chi connectivity index (χ4n) is 2.27. The van der Waals surface area contributed by atoms with Gasteiger partial charge in [0.2, 0.25) is 6.79 Å². The number of hydrogen-bond donors (Lipinski definition) is 1. The van der Waals surface area contributed by atoms with Gasteiger partial charge in [-0.3, -0.25) is 0 Å². The van der Waals surface area contributed by atoms with Crippen LogP contribution in [0.2, 0.25) is 0 Å². The topological polar surface area (TPSA) is 39.7 Å². The van der Waals surface area contributed by atoms with Gasteiger partial charge in [-0.25, -0.2) is 0 Å². The minimum atomic E-state index is 0.294. The van der Waals surface area contributed by atoms with E-state index in [2.05, 4.69) is 12.2 Å². The summed E-state index contributed by atoms with van der Waals surface area (Å²) in [5, 5.41) is 3.41. The van der Waals surface area contributed by atoms with Crippen molar-refractivity contribution in [1.82, 2.24) is 0 Å². The molecule has 110 valence electrons. The maximum Gasteiger partial charge on any atom is 0.231 e. The molecule has 1 aliphatic rings. The number of fused-ring (bicyclic) bond motifs is 1. The molecule has 3 rings (SSSR count). The van der Waals surface area contributed by atoms with Crippen molar-refractivity contribution in [1.29, 1.82) is 0 Å². The lowest BCUT2D eigenvalue weighted by Crippen LogP contribution is -2.04. The number of rotatable bonds is 6. The Bertz CT molecular complexity index is 613. The largest absolute Gasteiger partial charge is 0.491 e. The molecule has 1 N–H and O–H groups in total. The third kappa shape index (κ3) is 3.05. The van der Waals surface area contributed by atoms with E-state index in [1.54, 1.807) is 0 Å². The summed E-state index contributed by atoms with van der Waals surface area (Å²) >= 11 is 0. The zero-order valence-corrected chi connectivity index (χ0v) is 12.1. The predicted molar refractivity (Wildman–Crippen MR) is 82.1 cm³/mol. The number of hydrogen-bond acceptors (Lipinski definition) is 4. The molecule has 1 heterocycles. The summed E-state index contributed by atoms with van der Waals surface area (Å²) in [4.78, 5) is 0. The van der Waals surface area contributed by atoms with Crippen LogP contribution in [0.25, 0.3) is 0 Å². The Kier molecular flexibility index (Phi) is 4.15. The van der Waals surface area contributed by atoms with Gasteiger partial charge >= 0.3 is 0 Å². The van der Waals surface area contributed by atoms with Crippen LogP contribution >= 0.6 is 0 Å². The van der Waals surface area contributed by atoms with E-state index in [1.807, 2.05) is 42.5 Å². The molecule has 21 heavy (non-hydrogen) atoms. The molecule has 2 aromatic carbocycles. The monoisotopic (exact) mass is 285 g/mol. The minimum Gasteiger partial charge on any atom is -0.491 e. The highest BCUT2D eigenvalue weighted by Gasteiger charge is 2.17. The van der Waals surface area contributed by atoms with Crippen molar-refractivity contribution in [3.63, 3.8) is 0 Å². The first kappa shape index (κ1) is 13.6. The number of benzene rings is 2. The second kappa shape index (κ2) is 6.39. The Balaban J connectivity index is 1.72. The van der Waals surface area contributed by atoms with Crippen molar-refractivity contribution >= 4 is 5.69 Å². The van der Waals surface area contributed by atoms with Crippen LogP contribution in [0.3, 0.4) is 0 Å². The van der Waals surface area contributed by atoms with E-state index in [9.17, 15) is 0 Å². The van der Waals surface area contributed by atoms with Crippen LogP contribution in [-0.2, 0) is 6.54 Å². The third-order valence-electron chi connectivity index (χ3n) is 3.30. The molecule has 0 bridgehead atoms. The highest BCUT2D eigenvalue weighted by Crippen LogP contribution is 2.36. The highest BCUT2D eigenvalue weighted by atomic mass is 16.7. The van der Waals surface area contributed by atoms with Crippen LogP contribution in [0.4, 0.5) is 5.69 Å². The maximum atomic E-state index is 5.75. The molecule has 0 aromatic heterocycles. The predicted octanol–water partition coefficient (Wildman–Crippen LogP) is 3.82. The standard InChI is InChI=1S/C17H19NO3/c1-2-10-19-15-8-4-3-7-14(15)18-11-13-6-5-9-16-17(13)21-12-20-16/h3-9,18H,2,10-12H2,1H3. The van der Waals surface area contributed by atoms with Gasteiger partial charge in [0.05, 0.1) is 12.3 Å². The van der Waals surface area contributed by atoms with Crippen molar-refractivity contribution in [2.24, 2.45) is 0 Å². The second-order valence-electron chi connectivity index (χ2n) is 4.85. The molecule has 0 fully saturated rings. The molecular formula is C17H19NO3. The first-order chi connectivity index (χ1) is 10.4. The van der Waals surface area contributed by atoms with E-state index in [-0.39, 0.29) is 0 Å². The molecule has 4 nitrogen and oxygen atoms in total. The average Bonchev–Trinajstić information content (AvgIpc) is 3.01. The van der Waals surface area contributed by atoms with Crippen LogP contribution < -0.4 is 19.5 Å². The van der Waals surface area contributed by atoms with E-state index >= 15 is 0 Å². The molecule has 0 saturated heterocycles. The molecule has 0 atom stereocenters. The van der Waals surface area contributed by atoms with Crippen LogP contribution in [0, 0.1) is 0 Å². The van der Waals surface area contributed by atoms with Gasteiger partial charge in [0.25, 0.3) is 0 Å². The smallest absolute Gasteiger partial charge is 0.231 e. The van der Waals surface area contributed by atoms with Gasteiger partial charge in [-0.05, 0) is 24.6 Å². The minimum absolute atomic E-state index is 0.294.